The average Bonchev–Trinajstić information content (AvgIpc) is 3.79. The number of ether oxygens (including phenoxy) is 3. The Bertz CT molecular complexity index is 2520. The SMILES string of the molecule is CC(C)NCC(O)COc1ccc(COCCOC(C)C)cc1.CCCc1nc2c(C)cc(-c3nc4ccccc4n3C)cc2n1Cc1ccc(-c2ccccc2C(=O)O)cc1. The van der Waals surface area contributed by atoms with Crippen molar-refractivity contribution in [1.82, 2.24) is 24.4 Å². The lowest BCUT2D eigenvalue weighted by Gasteiger charge is -2.15. The van der Waals surface area contributed by atoms with Crippen LogP contribution in [0, 0.1) is 6.92 Å². The summed E-state index contributed by atoms with van der Waals surface area (Å²) >= 11 is 0. The van der Waals surface area contributed by atoms with Crippen LogP contribution in [0.4, 0.5) is 0 Å². The van der Waals surface area contributed by atoms with Gasteiger partial charge in [-0.3, -0.25) is 0 Å². The predicted octanol–water partition coefficient (Wildman–Crippen LogP) is 9.63. The molecule has 0 aliphatic rings. The van der Waals surface area contributed by atoms with E-state index in [1.54, 1.807) is 12.1 Å². The first-order valence-corrected chi connectivity index (χ1v) is 21.6. The van der Waals surface area contributed by atoms with Gasteiger partial charge >= 0.3 is 5.97 Å². The number of nitrogens with zero attached hydrogens (tertiary/aromatic N) is 4. The molecule has 0 fully saturated rings. The number of aromatic carboxylic acids is 1. The molecule has 0 radical (unpaired) electrons. The lowest BCUT2D eigenvalue weighted by molar-refractivity contribution is 0.0143. The average molecular weight is 840 g/mol. The van der Waals surface area contributed by atoms with E-state index in [0.717, 1.165) is 85.7 Å². The van der Waals surface area contributed by atoms with Crippen LogP contribution in [0.1, 0.15) is 73.9 Å². The maximum Gasteiger partial charge on any atom is 0.336 e. The topological polar surface area (TPSA) is 133 Å². The number of rotatable bonds is 19. The van der Waals surface area contributed by atoms with E-state index >= 15 is 0 Å². The lowest BCUT2D eigenvalue weighted by atomic mass is 9.98. The number of fused-ring (bicyclic) bond motifs is 2. The largest absolute Gasteiger partial charge is 0.491 e. The normalized spacial score (nSPS) is 12.0. The third-order valence-electron chi connectivity index (χ3n) is 10.5. The second-order valence-corrected chi connectivity index (χ2v) is 16.2. The Morgan fingerprint density at radius 1 is 0.823 bits per heavy atom. The summed E-state index contributed by atoms with van der Waals surface area (Å²) in [5.41, 5.74) is 10.6. The Morgan fingerprint density at radius 2 is 1.53 bits per heavy atom. The number of hydrogen-bond donors (Lipinski definition) is 3. The van der Waals surface area contributed by atoms with Gasteiger partial charge in [-0.15, -0.1) is 0 Å². The van der Waals surface area contributed by atoms with Crippen molar-refractivity contribution in [3.8, 4) is 28.3 Å². The van der Waals surface area contributed by atoms with E-state index in [2.05, 4.69) is 65.7 Å². The van der Waals surface area contributed by atoms with Crippen molar-refractivity contribution in [1.29, 1.82) is 0 Å². The second kappa shape index (κ2) is 21.8. The summed E-state index contributed by atoms with van der Waals surface area (Å²) in [6, 6.07) is 36.0. The van der Waals surface area contributed by atoms with Crippen LogP contribution in [-0.4, -0.2) is 79.9 Å². The van der Waals surface area contributed by atoms with Crippen molar-refractivity contribution in [3.63, 3.8) is 0 Å². The number of hydrogen-bond acceptors (Lipinski definition) is 8. The number of aliphatic hydroxyl groups excluding tert-OH is 1. The van der Waals surface area contributed by atoms with Crippen LogP contribution in [-0.2, 0) is 36.1 Å². The fourth-order valence-electron chi connectivity index (χ4n) is 7.30. The summed E-state index contributed by atoms with van der Waals surface area (Å²) in [6.07, 6.45) is 1.62. The standard InChI is InChI=1S/C33H30N4O2.C18H31NO4/c1-4-9-30-35-31-21(2)18-24(32-34-27-12-7-8-13-28(27)36(32)3)19-29(31)37(30)20-22-14-16-23(17-15-22)25-10-5-6-11-26(25)33(38)39;1-14(2)19-11-17(20)13-23-18-7-5-16(6-8-18)12-21-9-10-22-15(3)4/h5-8,10-19H,4,9,20H2,1-3H3,(H,38,39);5-8,14-15,17,19-20H,9-13H2,1-4H3. The number of carboxylic acids is 1. The number of para-hydroxylation sites is 2. The third kappa shape index (κ3) is 11.9. The number of carboxylic acid groups (broad SMARTS) is 1. The minimum atomic E-state index is -0.921. The van der Waals surface area contributed by atoms with Crippen molar-refractivity contribution in [2.24, 2.45) is 7.05 Å². The Balaban J connectivity index is 0.000000240. The van der Waals surface area contributed by atoms with E-state index < -0.39 is 12.1 Å². The minimum absolute atomic E-state index is 0.237. The Labute approximate surface area is 365 Å². The molecule has 7 rings (SSSR count). The summed E-state index contributed by atoms with van der Waals surface area (Å²) in [7, 11) is 2.06. The third-order valence-corrected chi connectivity index (χ3v) is 10.5. The molecule has 5 aromatic carbocycles. The zero-order chi connectivity index (χ0) is 44.2. The van der Waals surface area contributed by atoms with Gasteiger partial charge in [0.05, 0.1) is 53.6 Å². The first kappa shape index (κ1) is 45.7. The molecule has 2 heterocycles. The number of aromatic nitrogens is 4. The van der Waals surface area contributed by atoms with Crippen LogP contribution < -0.4 is 10.1 Å². The summed E-state index contributed by atoms with van der Waals surface area (Å²) in [5.74, 6) is 1.83. The number of aliphatic hydroxyl groups is 1. The van der Waals surface area contributed by atoms with Gasteiger partial charge in [-0.2, -0.15) is 0 Å². The highest BCUT2D eigenvalue weighted by atomic mass is 16.5. The fraction of sp³-hybridized carbons (Fsp3) is 0.353. The molecule has 0 bridgehead atoms. The van der Waals surface area contributed by atoms with Crippen LogP contribution in [0.15, 0.2) is 109 Å². The molecule has 3 N–H and O–H groups in total. The van der Waals surface area contributed by atoms with Crippen LogP contribution >= 0.6 is 0 Å². The molecule has 0 saturated heterocycles. The van der Waals surface area contributed by atoms with Gasteiger partial charge in [0.2, 0.25) is 0 Å². The number of benzene rings is 5. The zero-order valence-corrected chi connectivity index (χ0v) is 37.1. The van der Waals surface area contributed by atoms with E-state index in [9.17, 15) is 15.0 Å². The van der Waals surface area contributed by atoms with Gasteiger partial charge in [0.15, 0.2) is 0 Å². The molecular formula is C51H61N5O6. The molecule has 0 spiro atoms. The van der Waals surface area contributed by atoms with Crippen molar-refractivity contribution in [2.45, 2.75) is 85.8 Å². The molecule has 1 atom stereocenters. The van der Waals surface area contributed by atoms with Gasteiger partial charge in [-0.05, 0) is 97.5 Å². The Morgan fingerprint density at radius 3 is 2.23 bits per heavy atom. The molecule has 1 unspecified atom stereocenters. The molecule has 0 aliphatic carbocycles. The summed E-state index contributed by atoms with van der Waals surface area (Å²) in [4.78, 5) is 21.7. The minimum Gasteiger partial charge on any atom is -0.491 e. The Hall–Kier alpha value is -5.85. The molecule has 326 valence electrons. The summed E-state index contributed by atoms with van der Waals surface area (Å²) in [5, 5.41) is 22.6. The fourth-order valence-corrected chi connectivity index (χ4v) is 7.30. The van der Waals surface area contributed by atoms with E-state index in [-0.39, 0.29) is 12.7 Å². The van der Waals surface area contributed by atoms with Crippen LogP contribution in [0.25, 0.3) is 44.6 Å². The molecule has 11 nitrogen and oxygen atoms in total. The molecule has 0 saturated carbocycles. The molecule has 2 aromatic heterocycles. The number of nitrogens with one attached hydrogen (secondary N) is 1. The van der Waals surface area contributed by atoms with Gasteiger partial charge in [0, 0.05) is 38.2 Å². The first-order chi connectivity index (χ1) is 29.9. The number of carbonyl (C=O) groups is 1. The summed E-state index contributed by atoms with van der Waals surface area (Å²) in [6.45, 7) is 15.7. The highest BCUT2D eigenvalue weighted by Gasteiger charge is 2.18. The first-order valence-electron chi connectivity index (χ1n) is 21.6. The van der Waals surface area contributed by atoms with Crippen LogP contribution in [0.3, 0.4) is 0 Å². The van der Waals surface area contributed by atoms with Gasteiger partial charge in [0.1, 0.15) is 30.1 Å². The van der Waals surface area contributed by atoms with Gasteiger partial charge in [-0.1, -0.05) is 87.5 Å². The smallest absolute Gasteiger partial charge is 0.336 e. The molecule has 0 amide bonds. The van der Waals surface area contributed by atoms with Crippen molar-refractivity contribution in [3.05, 3.63) is 137 Å². The maximum atomic E-state index is 11.7. The molecule has 11 heteroatoms. The second-order valence-electron chi connectivity index (χ2n) is 16.2. The molecular weight excluding hydrogens is 779 g/mol. The maximum absolute atomic E-state index is 11.7. The quantitative estimate of drug-likeness (QED) is 0.0681. The molecule has 0 aliphatic heterocycles. The van der Waals surface area contributed by atoms with E-state index in [1.807, 2.05) is 94.4 Å². The highest BCUT2D eigenvalue weighted by molar-refractivity contribution is 5.96. The lowest BCUT2D eigenvalue weighted by Crippen LogP contribution is -2.35. The molecule has 62 heavy (non-hydrogen) atoms. The van der Waals surface area contributed by atoms with Crippen molar-refractivity contribution < 1.29 is 29.2 Å². The van der Waals surface area contributed by atoms with E-state index in [1.165, 1.54) is 0 Å². The molecule has 7 aromatic rings. The van der Waals surface area contributed by atoms with Crippen molar-refractivity contribution >= 4 is 28.0 Å². The van der Waals surface area contributed by atoms with E-state index in [0.29, 0.717) is 44.5 Å². The van der Waals surface area contributed by atoms with Gasteiger partial charge in [0.25, 0.3) is 0 Å². The monoisotopic (exact) mass is 839 g/mol. The van der Waals surface area contributed by atoms with Crippen LogP contribution in [0.5, 0.6) is 5.75 Å². The number of imidazole rings is 2. The van der Waals surface area contributed by atoms with E-state index in [4.69, 9.17) is 24.2 Å². The zero-order valence-electron chi connectivity index (χ0n) is 37.1. The predicted molar refractivity (Wildman–Crippen MR) is 248 cm³/mol. The van der Waals surface area contributed by atoms with Gasteiger partial charge in [-0.25, -0.2) is 14.8 Å². The van der Waals surface area contributed by atoms with Gasteiger partial charge < -0.3 is 38.9 Å². The highest BCUT2D eigenvalue weighted by Crippen LogP contribution is 2.31. The van der Waals surface area contributed by atoms with Crippen LogP contribution in [0.2, 0.25) is 0 Å². The van der Waals surface area contributed by atoms with Crippen molar-refractivity contribution in [2.75, 3.05) is 26.4 Å². The Kier molecular flexibility index (Phi) is 16.1. The summed E-state index contributed by atoms with van der Waals surface area (Å²) < 4.78 is 21.0. The number of aryl methyl sites for hydroxylation is 3.